The summed E-state index contributed by atoms with van der Waals surface area (Å²) in [5.74, 6) is 0.687. The average molecular weight is 275 g/mol. The van der Waals surface area contributed by atoms with Gasteiger partial charge in [0.05, 0.1) is 0 Å². The van der Waals surface area contributed by atoms with Gasteiger partial charge in [0, 0.05) is 17.2 Å². The minimum Gasteiger partial charge on any atom is -0.313 e. The van der Waals surface area contributed by atoms with Crippen molar-refractivity contribution in [1.82, 2.24) is 5.32 Å². The molecule has 0 aliphatic heterocycles. The zero-order valence-electron chi connectivity index (χ0n) is 11.0. The van der Waals surface area contributed by atoms with E-state index >= 15 is 0 Å². The number of halogens is 1. The molecule has 19 heavy (non-hydrogen) atoms. The van der Waals surface area contributed by atoms with Crippen molar-refractivity contribution in [2.24, 2.45) is 0 Å². The lowest BCUT2D eigenvalue weighted by atomic mass is 10.2. The van der Waals surface area contributed by atoms with Gasteiger partial charge in [-0.15, -0.1) is 11.8 Å². The zero-order valence-corrected chi connectivity index (χ0v) is 11.8. The third-order valence-corrected chi connectivity index (χ3v) is 3.86. The van der Waals surface area contributed by atoms with E-state index in [1.54, 1.807) is 11.8 Å². The molecule has 0 aromatic heterocycles. The Morgan fingerprint density at radius 2 is 1.84 bits per heavy atom. The predicted octanol–water partition coefficient (Wildman–Crippen LogP) is 4.23. The van der Waals surface area contributed by atoms with Crippen molar-refractivity contribution < 1.29 is 4.39 Å². The fourth-order valence-electron chi connectivity index (χ4n) is 1.76. The second kappa shape index (κ2) is 7.31. The molecule has 2 rings (SSSR count). The predicted molar refractivity (Wildman–Crippen MR) is 79.8 cm³/mol. The van der Waals surface area contributed by atoms with Crippen LogP contribution in [-0.2, 0) is 12.3 Å². The molecule has 0 heterocycles. The van der Waals surface area contributed by atoms with Gasteiger partial charge in [-0.3, -0.25) is 0 Å². The number of hydrogen-bond acceptors (Lipinski definition) is 2. The highest BCUT2D eigenvalue weighted by molar-refractivity contribution is 7.98. The molecule has 2 aromatic rings. The van der Waals surface area contributed by atoms with E-state index in [0.717, 1.165) is 24.4 Å². The van der Waals surface area contributed by atoms with Crippen LogP contribution < -0.4 is 5.32 Å². The second-order valence-electron chi connectivity index (χ2n) is 4.34. The van der Waals surface area contributed by atoms with Crippen LogP contribution in [0, 0.1) is 5.82 Å². The van der Waals surface area contributed by atoms with Gasteiger partial charge in [0.25, 0.3) is 0 Å². The fraction of sp³-hybridized carbons (Fsp3) is 0.250. The topological polar surface area (TPSA) is 12.0 Å². The van der Waals surface area contributed by atoms with Gasteiger partial charge in [-0.2, -0.15) is 0 Å². The first-order valence-corrected chi connectivity index (χ1v) is 7.43. The van der Waals surface area contributed by atoms with Gasteiger partial charge in [-0.25, -0.2) is 4.39 Å². The second-order valence-corrected chi connectivity index (χ2v) is 5.39. The Labute approximate surface area is 118 Å². The molecule has 100 valence electrons. The normalized spacial score (nSPS) is 10.6. The highest BCUT2D eigenvalue weighted by Crippen LogP contribution is 2.23. The summed E-state index contributed by atoms with van der Waals surface area (Å²) in [4.78, 5) is 1.25. The van der Waals surface area contributed by atoms with E-state index in [-0.39, 0.29) is 5.82 Å². The van der Waals surface area contributed by atoms with Crippen LogP contribution in [0.5, 0.6) is 0 Å². The van der Waals surface area contributed by atoms with Gasteiger partial charge >= 0.3 is 0 Å². The maximum Gasteiger partial charge on any atom is 0.123 e. The van der Waals surface area contributed by atoms with Gasteiger partial charge in [0.1, 0.15) is 5.82 Å². The Kier molecular flexibility index (Phi) is 5.43. The first kappa shape index (κ1) is 14.1. The van der Waals surface area contributed by atoms with E-state index in [1.165, 1.54) is 22.6 Å². The Morgan fingerprint density at radius 3 is 2.58 bits per heavy atom. The van der Waals surface area contributed by atoms with E-state index < -0.39 is 0 Å². The molecule has 0 saturated heterocycles. The molecule has 3 heteroatoms. The van der Waals surface area contributed by atoms with Gasteiger partial charge in [-0.1, -0.05) is 31.2 Å². The van der Waals surface area contributed by atoms with Crippen LogP contribution in [0.1, 0.15) is 18.1 Å². The van der Waals surface area contributed by atoms with E-state index in [1.807, 2.05) is 12.1 Å². The van der Waals surface area contributed by atoms with Crippen LogP contribution in [0.3, 0.4) is 0 Å². The molecule has 1 N–H and O–H groups in total. The fourth-order valence-corrected chi connectivity index (χ4v) is 2.70. The van der Waals surface area contributed by atoms with Gasteiger partial charge in [0.2, 0.25) is 0 Å². The third-order valence-electron chi connectivity index (χ3n) is 2.80. The van der Waals surface area contributed by atoms with Crippen LogP contribution in [0.25, 0.3) is 0 Å². The average Bonchev–Trinajstić information content (AvgIpc) is 2.45. The minimum absolute atomic E-state index is 0.179. The molecule has 0 atom stereocenters. The van der Waals surface area contributed by atoms with Crippen molar-refractivity contribution in [2.45, 2.75) is 24.1 Å². The first-order valence-electron chi connectivity index (χ1n) is 6.45. The summed E-state index contributed by atoms with van der Waals surface area (Å²) in [6, 6.07) is 15.2. The lowest BCUT2D eigenvalue weighted by Gasteiger charge is -2.06. The number of thioether (sulfide) groups is 1. The van der Waals surface area contributed by atoms with Crippen LogP contribution >= 0.6 is 11.8 Å². The third kappa shape index (κ3) is 4.69. The number of benzene rings is 2. The van der Waals surface area contributed by atoms with Crippen LogP contribution in [0.15, 0.2) is 53.4 Å². The molecule has 0 saturated carbocycles. The van der Waals surface area contributed by atoms with Crippen LogP contribution in [0.4, 0.5) is 4.39 Å². The first-order chi connectivity index (χ1) is 9.28. The molecule has 0 aliphatic rings. The summed E-state index contributed by atoms with van der Waals surface area (Å²) in [5.41, 5.74) is 2.44. The zero-order chi connectivity index (χ0) is 13.5. The molecular weight excluding hydrogens is 257 g/mol. The maximum atomic E-state index is 12.8. The molecular formula is C16H18FNS. The lowest BCUT2D eigenvalue weighted by molar-refractivity contribution is 0.627. The minimum atomic E-state index is -0.179. The SMILES string of the molecule is CCNCc1cccc(SCc2ccc(F)cc2)c1. The summed E-state index contributed by atoms with van der Waals surface area (Å²) in [6.45, 7) is 3.99. The number of hydrogen-bond donors (Lipinski definition) is 1. The maximum absolute atomic E-state index is 12.8. The van der Waals surface area contributed by atoms with E-state index in [2.05, 4.69) is 36.5 Å². The largest absolute Gasteiger partial charge is 0.313 e. The molecule has 0 aliphatic carbocycles. The highest BCUT2D eigenvalue weighted by Gasteiger charge is 1.99. The van der Waals surface area contributed by atoms with E-state index in [9.17, 15) is 4.39 Å². The Morgan fingerprint density at radius 1 is 1.05 bits per heavy atom. The van der Waals surface area contributed by atoms with Crippen LogP contribution in [-0.4, -0.2) is 6.54 Å². The monoisotopic (exact) mass is 275 g/mol. The summed E-state index contributed by atoms with van der Waals surface area (Å²) < 4.78 is 12.8. The molecule has 0 unspecified atom stereocenters. The number of nitrogens with one attached hydrogen (secondary N) is 1. The summed E-state index contributed by atoms with van der Waals surface area (Å²) in [6.07, 6.45) is 0. The summed E-state index contributed by atoms with van der Waals surface area (Å²) >= 11 is 1.78. The molecule has 0 bridgehead atoms. The molecule has 1 nitrogen and oxygen atoms in total. The summed E-state index contributed by atoms with van der Waals surface area (Å²) in [5, 5.41) is 3.32. The Balaban J connectivity index is 1.93. The quantitative estimate of drug-likeness (QED) is 0.792. The lowest BCUT2D eigenvalue weighted by Crippen LogP contribution is -2.11. The van der Waals surface area contributed by atoms with Crippen LogP contribution in [0.2, 0.25) is 0 Å². The molecule has 0 spiro atoms. The van der Waals surface area contributed by atoms with E-state index in [4.69, 9.17) is 0 Å². The Bertz CT molecular complexity index is 510. The van der Waals surface area contributed by atoms with Gasteiger partial charge in [-0.05, 0) is 41.9 Å². The van der Waals surface area contributed by atoms with Crippen molar-refractivity contribution >= 4 is 11.8 Å². The standard InChI is InChI=1S/C16H18FNS/c1-2-18-11-14-4-3-5-16(10-14)19-12-13-6-8-15(17)9-7-13/h3-10,18H,2,11-12H2,1H3. The molecule has 0 fully saturated rings. The van der Waals surface area contributed by atoms with Gasteiger partial charge < -0.3 is 5.32 Å². The van der Waals surface area contributed by atoms with E-state index in [0.29, 0.717) is 0 Å². The van der Waals surface area contributed by atoms with Crippen molar-refractivity contribution in [3.05, 3.63) is 65.5 Å². The molecule has 2 aromatic carbocycles. The highest BCUT2D eigenvalue weighted by atomic mass is 32.2. The van der Waals surface area contributed by atoms with Crippen molar-refractivity contribution in [3.8, 4) is 0 Å². The van der Waals surface area contributed by atoms with Crippen molar-refractivity contribution in [3.63, 3.8) is 0 Å². The van der Waals surface area contributed by atoms with Crippen molar-refractivity contribution in [1.29, 1.82) is 0 Å². The van der Waals surface area contributed by atoms with Gasteiger partial charge in [0.15, 0.2) is 0 Å². The summed E-state index contributed by atoms with van der Waals surface area (Å²) in [7, 11) is 0. The Hall–Kier alpha value is -1.32. The molecule has 0 radical (unpaired) electrons. The van der Waals surface area contributed by atoms with Crippen molar-refractivity contribution in [2.75, 3.05) is 6.54 Å². The molecule has 0 amide bonds. The smallest absolute Gasteiger partial charge is 0.123 e. The number of rotatable bonds is 6.